The van der Waals surface area contributed by atoms with Crippen LogP contribution in [0.1, 0.15) is 25.7 Å². The van der Waals surface area contributed by atoms with Crippen molar-refractivity contribution in [2.24, 2.45) is 5.92 Å². The summed E-state index contributed by atoms with van der Waals surface area (Å²) in [4.78, 5) is 11.7. The number of piperidine rings is 1. The van der Waals surface area contributed by atoms with E-state index < -0.39 is 11.6 Å². The topological polar surface area (TPSA) is 50.4 Å². The maximum atomic E-state index is 13.3. The van der Waals surface area contributed by atoms with Crippen LogP contribution in [0, 0.1) is 17.6 Å². The van der Waals surface area contributed by atoms with Crippen LogP contribution in [-0.2, 0) is 4.79 Å². The lowest BCUT2D eigenvalue weighted by atomic mass is 10.00. The van der Waals surface area contributed by atoms with Gasteiger partial charge < -0.3 is 15.4 Å². The zero-order valence-electron chi connectivity index (χ0n) is 12.5. The molecule has 0 saturated carbocycles. The molecule has 1 saturated heterocycles. The third-order valence-corrected chi connectivity index (χ3v) is 3.69. The maximum absolute atomic E-state index is 13.3. The van der Waals surface area contributed by atoms with E-state index in [9.17, 15) is 13.6 Å². The van der Waals surface area contributed by atoms with E-state index in [2.05, 4.69) is 10.6 Å². The minimum Gasteiger partial charge on any atom is -0.491 e. The van der Waals surface area contributed by atoms with Crippen LogP contribution >= 0.6 is 0 Å². The Kier molecular flexibility index (Phi) is 6.58. The Morgan fingerprint density at radius 3 is 3.00 bits per heavy atom. The summed E-state index contributed by atoms with van der Waals surface area (Å²) in [5, 5.41) is 6.22. The van der Waals surface area contributed by atoms with Crippen LogP contribution in [0.25, 0.3) is 0 Å². The van der Waals surface area contributed by atoms with Gasteiger partial charge in [-0.2, -0.15) is 0 Å². The molecule has 0 bridgehead atoms. The molecule has 22 heavy (non-hydrogen) atoms. The molecule has 0 aliphatic carbocycles. The van der Waals surface area contributed by atoms with Crippen molar-refractivity contribution in [1.82, 2.24) is 10.6 Å². The lowest BCUT2D eigenvalue weighted by Gasteiger charge is -2.22. The zero-order chi connectivity index (χ0) is 15.8. The maximum Gasteiger partial charge on any atom is 0.220 e. The van der Waals surface area contributed by atoms with Gasteiger partial charge in [0.25, 0.3) is 0 Å². The van der Waals surface area contributed by atoms with E-state index in [0.717, 1.165) is 38.1 Å². The normalized spacial score (nSPS) is 18.0. The molecule has 1 aliphatic heterocycles. The van der Waals surface area contributed by atoms with Gasteiger partial charge in [-0.1, -0.05) is 0 Å². The largest absolute Gasteiger partial charge is 0.491 e. The van der Waals surface area contributed by atoms with Crippen molar-refractivity contribution in [3.63, 3.8) is 0 Å². The molecule has 0 aromatic heterocycles. The number of hydrogen-bond donors (Lipinski definition) is 2. The van der Waals surface area contributed by atoms with Gasteiger partial charge in [0.15, 0.2) is 11.6 Å². The summed E-state index contributed by atoms with van der Waals surface area (Å²) in [6, 6.07) is 3.17. The Labute approximate surface area is 129 Å². The smallest absolute Gasteiger partial charge is 0.220 e. The standard InChI is InChI=1S/C16H22F2N2O2/c17-13-5-6-15(14(18)9-13)22-8-2-4-16(21)20-11-12-3-1-7-19-10-12/h5-6,9,12,19H,1-4,7-8,10-11H2,(H,20,21). The molecule has 1 amide bonds. The predicted octanol–water partition coefficient (Wildman–Crippen LogP) is 2.24. The molecular formula is C16H22F2N2O2. The number of amides is 1. The van der Waals surface area contributed by atoms with Crippen molar-refractivity contribution < 1.29 is 18.3 Å². The number of nitrogens with one attached hydrogen (secondary N) is 2. The van der Waals surface area contributed by atoms with Crippen LogP contribution in [0.3, 0.4) is 0 Å². The van der Waals surface area contributed by atoms with Crippen molar-refractivity contribution in [2.45, 2.75) is 25.7 Å². The molecule has 122 valence electrons. The van der Waals surface area contributed by atoms with Gasteiger partial charge in [0, 0.05) is 19.0 Å². The van der Waals surface area contributed by atoms with E-state index in [1.54, 1.807) is 0 Å². The minimum absolute atomic E-state index is 0.00934. The van der Waals surface area contributed by atoms with Crippen LogP contribution in [0.5, 0.6) is 5.75 Å². The highest BCUT2D eigenvalue weighted by atomic mass is 19.1. The number of carbonyl (C=O) groups is 1. The van der Waals surface area contributed by atoms with Gasteiger partial charge in [-0.05, 0) is 50.4 Å². The van der Waals surface area contributed by atoms with Gasteiger partial charge in [-0.15, -0.1) is 0 Å². The van der Waals surface area contributed by atoms with Crippen LogP contribution in [0.4, 0.5) is 8.78 Å². The Hall–Kier alpha value is -1.69. The second-order valence-electron chi connectivity index (χ2n) is 5.54. The first-order valence-electron chi connectivity index (χ1n) is 7.70. The summed E-state index contributed by atoms with van der Waals surface area (Å²) in [7, 11) is 0. The van der Waals surface area contributed by atoms with E-state index in [1.165, 1.54) is 6.07 Å². The van der Waals surface area contributed by atoms with E-state index in [-0.39, 0.29) is 18.3 Å². The molecule has 4 nitrogen and oxygen atoms in total. The quantitative estimate of drug-likeness (QED) is 0.759. The van der Waals surface area contributed by atoms with Gasteiger partial charge in [0.2, 0.25) is 5.91 Å². The first-order chi connectivity index (χ1) is 10.6. The number of halogens is 2. The molecular weight excluding hydrogens is 290 g/mol. The van der Waals surface area contributed by atoms with E-state index in [0.29, 0.717) is 25.3 Å². The van der Waals surface area contributed by atoms with Gasteiger partial charge in [-0.25, -0.2) is 8.78 Å². The molecule has 1 heterocycles. The highest BCUT2D eigenvalue weighted by molar-refractivity contribution is 5.75. The highest BCUT2D eigenvalue weighted by Crippen LogP contribution is 2.17. The Bertz CT molecular complexity index is 491. The van der Waals surface area contributed by atoms with Gasteiger partial charge in [0.1, 0.15) is 5.82 Å². The first kappa shape index (κ1) is 16.7. The fraction of sp³-hybridized carbons (Fsp3) is 0.562. The van der Waals surface area contributed by atoms with Gasteiger partial charge in [-0.3, -0.25) is 4.79 Å². The summed E-state index contributed by atoms with van der Waals surface area (Å²) in [6.07, 6.45) is 3.12. The Balaban J connectivity index is 1.58. The van der Waals surface area contributed by atoms with Gasteiger partial charge >= 0.3 is 0 Å². The van der Waals surface area contributed by atoms with Crippen molar-refractivity contribution in [2.75, 3.05) is 26.2 Å². The van der Waals surface area contributed by atoms with Crippen molar-refractivity contribution in [3.05, 3.63) is 29.8 Å². The van der Waals surface area contributed by atoms with Crippen LogP contribution < -0.4 is 15.4 Å². The zero-order valence-corrected chi connectivity index (χ0v) is 12.5. The summed E-state index contributed by atoms with van der Waals surface area (Å²) in [5.74, 6) is -0.873. The Morgan fingerprint density at radius 1 is 1.41 bits per heavy atom. The molecule has 1 unspecified atom stereocenters. The molecule has 1 aliphatic rings. The van der Waals surface area contributed by atoms with Crippen LogP contribution in [-0.4, -0.2) is 32.1 Å². The molecule has 0 radical (unpaired) electrons. The fourth-order valence-electron chi connectivity index (χ4n) is 2.45. The third kappa shape index (κ3) is 5.60. The summed E-state index contributed by atoms with van der Waals surface area (Å²) in [6.45, 7) is 2.93. The molecule has 2 rings (SSSR count). The second-order valence-corrected chi connectivity index (χ2v) is 5.54. The SMILES string of the molecule is O=C(CCCOc1ccc(F)cc1F)NCC1CCCNC1. The molecule has 1 aromatic carbocycles. The number of ether oxygens (including phenoxy) is 1. The third-order valence-electron chi connectivity index (χ3n) is 3.69. The number of rotatable bonds is 7. The minimum atomic E-state index is -0.728. The number of benzene rings is 1. The molecule has 1 atom stereocenters. The van der Waals surface area contributed by atoms with Crippen molar-refractivity contribution >= 4 is 5.91 Å². The highest BCUT2D eigenvalue weighted by Gasteiger charge is 2.13. The average Bonchev–Trinajstić information content (AvgIpc) is 2.52. The van der Waals surface area contributed by atoms with E-state index in [1.807, 2.05) is 0 Å². The summed E-state index contributed by atoms with van der Waals surface area (Å²) < 4.78 is 31.2. The van der Waals surface area contributed by atoms with Crippen molar-refractivity contribution in [3.8, 4) is 5.75 Å². The first-order valence-corrected chi connectivity index (χ1v) is 7.70. The number of hydrogen-bond acceptors (Lipinski definition) is 3. The summed E-state index contributed by atoms with van der Waals surface area (Å²) >= 11 is 0. The molecule has 6 heteroatoms. The molecule has 0 spiro atoms. The average molecular weight is 312 g/mol. The van der Waals surface area contributed by atoms with Gasteiger partial charge in [0.05, 0.1) is 6.61 Å². The van der Waals surface area contributed by atoms with E-state index in [4.69, 9.17) is 4.74 Å². The molecule has 1 aromatic rings. The lowest BCUT2D eigenvalue weighted by molar-refractivity contribution is -0.121. The molecule has 2 N–H and O–H groups in total. The van der Waals surface area contributed by atoms with Crippen molar-refractivity contribution in [1.29, 1.82) is 0 Å². The fourth-order valence-corrected chi connectivity index (χ4v) is 2.45. The Morgan fingerprint density at radius 2 is 2.27 bits per heavy atom. The predicted molar refractivity (Wildman–Crippen MR) is 79.7 cm³/mol. The van der Waals surface area contributed by atoms with Crippen LogP contribution in [0.2, 0.25) is 0 Å². The summed E-state index contributed by atoms with van der Waals surface area (Å²) in [5.41, 5.74) is 0. The second kappa shape index (κ2) is 8.68. The number of carbonyl (C=O) groups excluding carboxylic acids is 1. The monoisotopic (exact) mass is 312 g/mol. The lowest BCUT2D eigenvalue weighted by Crippen LogP contribution is -2.38. The molecule has 1 fully saturated rings. The van der Waals surface area contributed by atoms with Crippen LogP contribution in [0.15, 0.2) is 18.2 Å². The van der Waals surface area contributed by atoms with E-state index >= 15 is 0 Å².